The summed E-state index contributed by atoms with van der Waals surface area (Å²) in [7, 11) is 3.12. The summed E-state index contributed by atoms with van der Waals surface area (Å²) >= 11 is 1.69. The minimum Gasteiger partial charge on any atom is -0.465 e. The molecule has 0 fully saturated rings. The van der Waals surface area contributed by atoms with Gasteiger partial charge < -0.3 is 14.6 Å². The van der Waals surface area contributed by atoms with Crippen LogP contribution in [0.1, 0.15) is 20.8 Å². The van der Waals surface area contributed by atoms with Gasteiger partial charge in [-0.25, -0.2) is 14.2 Å². The summed E-state index contributed by atoms with van der Waals surface area (Å²) in [5.41, 5.74) is 2.53. The molecule has 1 aliphatic heterocycles. The maximum absolute atomic E-state index is 13.9. The summed E-state index contributed by atoms with van der Waals surface area (Å²) in [6, 6.07) is 4.72. The number of hydrogen-bond acceptors (Lipinski definition) is 5. The lowest BCUT2D eigenvalue weighted by atomic mass is 10.1. The number of fused-ring (bicyclic) bond motifs is 2. The smallest absolute Gasteiger partial charge is 0.340 e. The van der Waals surface area contributed by atoms with E-state index in [0.29, 0.717) is 11.0 Å². The summed E-state index contributed by atoms with van der Waals surface area (Å²) in [5.74, 6) is -0.328. The van der Waals surface area contributed by atoms with Crippen LogP contribution in [0, 0.1) is 5.82 Å². The number of aryl methyl sites for hydroxylation is 1. The van der Waals surface area contributed by atoms with Crippen molar-refractivity contribution in [3.8, 4) is 10.7 Å². The molecule has 5 nitrogen and oxygen atoms in total. The Morgan fingerprint density at radius 2 is 2.25 bits per heavy atom. The lowest BCUT2D eigenvalue weighted by molar-refractivity contribution is 0.0602. The molecule has 0 bridgehead atoms. The zero-order valence-corrected chi connectivity index (χ0v) is 14.2. The lowest BCUT2D eigenvalue weighted by Gasteiger charge is -2.10. The number of ether oxygens (including phenoxy) is 1. The number of rotatable bonds is 2. The fraction of sp³-hybridized carbons (Fsp3) is 0.294. The number of nitrogens with zero attached hydrogens (tertiary/aromatic N) is 2. The first kappa shape index (κ1) is 15.3. The zero-order valence-electron chi connectivity index (χ0n) is 13.4. The van der Waals surface area contributed by atoms with Crippen molar-refractivity contribution in [2.75, 3.05) is 13.7 Å². The van der Waals surface area contributed by atoms with E-state index in [1.54, 1.807) is 11.3 Å². The molecule has 0 amide bonds. The van der Waals surface area contributed by atoms with E-state index in [9.17, 15) is 9.18 Å². The molecule has 124 valence electrons. The normalized spacial score (nSPS) is 14.0. The predicted octanol–water partition coefficient (Wildman–Crippen LogP) is 2.87. The second-order valence-electron chi connectivity index (χ2n) is 5.79. The van der Waals surface area contributed by atoms with E-state index >= 15 is 0 Å². The number of nitrogens with one attached hydrogen (secondary N) is 1. The highest BCUT2D eigenvalue weighted by Gasteiger charge is 2.21. The Bertz CT molecular complexity index is 937. The average molecular weight is 345 g/mol. The summed E-state index contributed by atoms with van der Waals surface area (Å²) in [6.45, 7) is 1.84. The van der Waals surface area contributed by atoms with Gasteiger partial charge in [0.1, 0.15) is 11.3 Å². The number of halogens is 1. The molecule has 1 aromatic carbocycles. The third kappa shape index (κ3) is 2.32. The maximum Gasteiger partial charge on any atom is 0.340 e. The van der Waals surface area contributed by atoms with Crippen molar-refractivity contribution >= 4 is 28.3 Å². The standard InChI is InChI=1S/C17H16FN3O2S/c1-21-12-7-10(18)6-11(17(22)23-2)15(12)20-16(21)13-5-9-3-4-19-8-14(9)24-13/h5-7,19H,3-4,8H2,1-2H3. The average Bonchev–Trinajstić information content (AvgIpc) is 3.15. The van der Waals surface area contributed by atoms with E-state index in [2.05, 4.69) is 16.4 Å². The minimum absolute atomic E-state index is 0.150. The fourth-order valence-electron chi connectivity index (χ4n) is 3.10. The highest BCUT2D eigenvalue weighted by atomic mass is 32.1. The predicted molar refractivity (Wildman–Crippen MR) is 90.7 cm³/mol. The fourth-order valence-corrected chi connectivity index (χ4v) is 4.31. The van der Waals surface area contributed by atoms with Crippen molar-refractivity contribution in [1.29, 1.82) is 0 Å². The lowest BCUT2D eigenvalue weighted by Crippen LogP contribution is -2.21. The number of thiophene rings is 1. The Morgan fingerprint density at radius 1 is 1.42 bits per heavy atom. The molecule has 0 spiro atoms. The van der Waals surface area contributed by atoms with Crippen LogP contribution in [0.25, 0.3) is 21.7 Å². The van der Waals surface area contributed by atoms with E-state index < -0.39 is 11.8 Å². The molecular weight excluding hydrogens is 329 g/mol. The SMILES string of the molecule is COC(=O)c1cc(F)cc2c1nc(-c1cc3c(s1)CNCC3)n2C. The highest BCUT2D eigenvalue weighted by molar-refractivity contribution is 7.15. The molecule has 24 heavy (non-hydrogen) atoms. The summed E-state index contributed by atoms with van der Waals surface area (Å²) in [6.07, 6.45) is 0.998. The second kappa shape index (κ2) is 5.68. The van der Waals surface area contributed by atoms with Crippen LogP contribution in [0.3, 0.4) is 0 Å². The van der Waals surface area contributed by atoms with Gasteiger partial charge in [0.15, 0.2) is 5.82 Å². The molecule has 0 atom stereocenters. The highest BCUT2D eigenvalue weighted by Crippen LogP contribution is 2.35. The quantitative estimate of drug-likeness (QED) is 0.726. The first-order valence-electron chi connectivity index (χ1n) is 7.65. The number of methoxy groups -OCH3 is 1. The third-order valence-electron chi connectivity index (χ3n) is 4.33. The number of carbonyl (C=O) groups is 1. The molecule has 0 radical (unpaired) electrons. The van der Waals surface area contributed by atoms with Crippen molar-refractivity contribution in [3.63, 3.8) is 0 Å². The van der Waals surface area contributed by atoms with Crippen LogP contribution in [0.2, 0.25) is 0 Å². The van der Waals surface area contributed by atoms with Gasteiger partial charge >= 0.3 is 5.97 Å². The van der Waals surface area contributed by atoms with Crippen molar-refractivity contribution in [2.24, 2.45) is 7.05 Å². The maximum atomic E-state index is 13.9. The molecule has 7 heteroatoms. The van der Waals surface area contributed by atoms with Crippen LogP contribution in [0.4, 0.5) is 4.39 Å². The van der Waals surface area contributed by atoms with E-state index in [-0.39, 0.29) is 5.56 Å². The first-order chi connectivity index (χ1) is 11.6. The van der Waals surface area contributed by atoms with Crippen LogP contribution in [-0.4, -0.2) is 29.2 Å². The van der Waals surface area contributed by atoms with Crippen LogP contribution in [-0.2, 0) is 24.8 Å². The van der Waals surface area contributed by atoms with E-state index in [0.717, 1.165) is 30.2 Å². The molecular formula is C17H16FN3O2S. The molecule has 1 aliphatic rings. The Morgan fingerprint density at radius 3 is 3.00 bits per heavy atom. The monoisotopic (exact) mass is 345 g/mol. The van der Waals surface area contributed by atoms with E-state index in [1.165, 1.54) is 29.7 Å². The topological polar surface area (TPSA) is 56.1 Å². The molecule has 4 rings (SSSR count). The Labute approximate surface area is 142 Å². The van der Waals surface area contributed by atoms with Gasteiger partial charge in [0.05, 0.1) is 23.1 Å². The van der Waals surface area contributed by atoms with Crippen LogP contribution >= 0.6 is 11.3 Å². The largest absolute Gasteiger partial charge is 0.465 e. The van der Waals surface area contributed by atoms with Gasteiger partial charge in [-0.3, -0.25) is 0 Å². The van der Waals surface area contributed by atoms with Gasteiger partial charge in [-0.2, -0.15) is 0 Å². The van der Waals surface area contributed by atoms with Gasteiger partial charge in [0.25, 0.3) is 0 Å². The van der Waals surface area contributed by atoms with E-state index in [1.807, 2.05) is 11.6 Å². The second-order valence-corrected chi connectivity index (χ2v) is 6.93. The summed E-state index contributed by atoms with van der Waals surface area (Å²) in [5, 5.41) is 3.36. The molecule has 0 aliphatic carbocycles. The van der Waals surface area contributed by atoms with Crippen molar-refractivity contribution in [1.82, 2.24) is 14.9 Å². The van der Waals surface area contributed by atoms with E-state index in [4.69, 9.17) is 4.74 Å². The molecule has 1 N–H and O–H groups in total. The van der Waals surface area contributed by atoms with Gasteiger partial charge in [-0.1, -0.05) is 0 Å². The number of benzene rings is 1. The van der Waals surface area contributed by atoms with Gasteiger partial charge in [0, 0.05) is 18.5 Å². The van der Waals surface area contributed by atoms with Gasteiger partial charge in [-0.15, -0.1) is 11.3 Å². The summed E-state index contributed by atoms with van der Waals surface area (Å²) < 4.78 is 20.5. The Kier molecular flexibility index (Phi) is 3.62. The number of hydrogen-bond donors (Lipinski definition) is 1. The summed E-state index contributed by atoms with van der Waals surface area (Å²) in [4.78, 5) is 18.9. The molecule has 3 heterocycles. The zero-order chi connectivity index (χ0) is 16.8. The van der Waals surface area contributed by atoms with Gasteiger partial charge in [-0.05, 0) is 36.7 Å². The Balaban J connectivity index is 1.92. The number of esters is 1. The number of aromatic nitrogens is 2. The van der Waals surface area contributed by atoms with Crippen LogP contribution < -0.4 is 5.32 Å². The first-order valence-corrected chi connectivity index (χ1v) is 8.47. The van der Waals surface area contributed by atoms with Crippen molar-refractivity contribution in [3.05, 3.63) is 40.0 Å². The van der Waals surface area contributed by atoms with Crippen molar-refractivity contribution in [2.45, 2.75) is 13.0 Å². The molecule has 0 saturated heterocycles. The molecule has 0 saturated carbocycles. The Hall–Kier alpha value is -2.25. The minimum atomic E-state index is -0.584. The molecule has 0 unspecified atom stereocenters. The van der Waals surface area contributed by atoms with Crippen molar-refractivity contribution < 1.29 is 13.9 Å². The number of carbonyl (C=O) groups excluding carboxylic acids is 1. The van der Waals surface area contributed by atoms with Crippen LogP contribution in [0.5, 0.6) is 0 Å². The number of imidazole rings is 1. The van der Waals surface area contributed by atoms with Gasteiger partial charge in [0.2, 0.25) is 0 Å². The molecule has 2 aromatic heterocycles. The van der Waals surface area contributed by atoms with Crippen LogP contribution in [0.15, 0.2) is 18.2 Å². The molecule has 3 aromatic rings. The third-order valence-corrected chi connectivity index (χ3v) is 5.50.